The van der Waals surface area contributed by atoms with E-state index in [0.717, 1.165) is 22.1 Å². The summed E-state index contributed by atoms with van der Waals surface area (Å²) in [7, 11) is 0. The number of aryl methyl sites for hydroxylation is 2. The molecular formula is C20H20N4O2. The Bertz CT molecular complexity index is 985. The Kier molecular flexibility index (Phi) is 5.18. The van der Waals surface area contributed by atoms with Crippen LogP contribution >= 0.6 is 0 Å². The quantitative estimate of drug-likeness (QED) is 0.668. The summed E-state index contributed by atoms with van der Waals surface area (Å²) in [6.07, 6.45) is 3.54. The van der Waals surface area contributed by atoms with Crippen LogP contribution in [0.3, 0.4) is 0 Å². The topological polar surface area (TPSA) is 91.0 Å². The zero-order valence-corrected chi connectivity index (χ0v) is 14.8. The average Bonchev–Trinajstić information content (AvgIpc) is 3.05. The van der Waals surface area contributed by atoms with E-state index in [4.69, 9.17) is 9.68 Å². The van der Waals surface area contributed by atoms with Gasteiger partial charge >= 0.3 is 0 Å². The molecular weight excluding hydrogens is 328 g/mol. The number of anilines is 1. The lowest BCUT2D eigenvalue weighted by Gasteiger charge is -2.08. The standard InChI is InChI=1S/C20H20N4O2/c1-13-5-6-17-16(12-26-19(17)14(13)2)10-18(25)22-8-9-24-20-15(11-21)4-3-7-23-20/h3-7,12H,8-10H2,1-2H3,(H,22,25)(H,23,24). The first kappa shape index (κ1) is 17.5. The average molecular weight is 348 g/mol. The molecule has 0 aliphatic carbocycles. The monoisotopic (exact) mass is 348 g/mol. The number of nitrogens with zero attached hydrogens (tertiary/aromatic N) is 2. The van der Waals surface area contributed by atoms with E-state index in [-0.39, 0.29) is 12.3 Å². The van der Waals surface area contributed by atoms with E-state index >= 15 is 0 Å². The first-order valence-electron chi connectivity index (χ1n) is 8.42. The normalized spacial score (nSPS) is 10.5. The largest absolute Gasteiger partial charge is 0.464 e. The second-order valence-electron chi connectivity index (χ2n) is 6.11. The van der Waals surface area contributed by atoms with Crippen molar-refractivity contribution in [3.63, 3.8) is 0 Å². The predicted molar refractivity (Wildman–Crippen MR) is 99.8 cm³/mol. The zero-order chi connectivity index (χ0) is 18.5. The van der Waals surface area contributed by atoms with Gasteiger partial charge in [0.25, 0.3) is 0 Å². The minimum Gasteiger partial charge on any atom is -0.464 e. The van der Waals surface area contributed by atoms with Crippen LogP contribution in [0.25, 0.3) is 11.0 Å². The maximum Gasteiger partial charge on any atom is 0.224 e. The number of fused-ring (bicyclic) bond motifs is 1. The third-order valence-electron chi connectivity index (χ3n) is 4.36. The van der Waals surface area contributed by atoms with Gasteiger partial charge in [-0.25, -0.2) is 4.98 Å². The van der Waals surface area contributed by atoms with Crippen LogP contribution in [-0.4, -0.2) is 24.0 Å². The van der Waals surface area contributed by atoms with Crippen LogP contribution in [0.2, 0.25) is 0 Å². The molecule has 3 aromatic rings. The molecule has 0 saturated carbocycles. The van der Waals surface area contributed by atoms with Gasteiger partial charge < -0.3 is 15.1 Å². The number of hydrogen-bond acceptors (Lipinski definition) is 5. The summed E-state index contributed by atoms with van der Waals surface area (Å²) < 4.78 is 5.64. The van der Waals surface area contributed by atoms with Crippen molar-refractivity contribution in [1.82, 2.24) is 10.3 Å². The van der Waals surface area contributed by atoms with Crippen LogP contribution in [0.4, 0.5) is 5.82 Å². The van der Waals surface area contributed by atoms with E-state index in [2.05, 4.69) is 21.7 Å². The van der Waals surface area contributed by atoms with Crippen molar-refractivity contribution in [2.24, 2.45) is 0 Å². The highest BCUT2D eigenvalue weighted by Crippen LogP contribution is 2.26. The first-order chi connectivity index (χ1) is 12.6. The van der Waals surface area contributed by atoms with Crippen LogP contribution in [0.5, 0.6) is 0 Å². The van der Waals surface area contributed by atoms with Crippen molar-refractivity contribution in [3.8, 4) is 6.07 Å². The number of carbonyl (C=O) groups is 1. The summed E-state index contributed by atoms with van der Waals surface area (Å²) >= 11 is 0. The molecule has 2 aromatic heterocycles. The molecule has 1 amide bonds. The molecule has 0 spiro atoms. The van der Waals surface area contributed by atoms with Crippen LogP contribution in [0.1, 0.15) is 22.3 Å². The maximum absolute atomic E-state index is 12.2. The molecule has 0 atom stereocenters. The molecule has 3 rings (SSSR count). The van der Waals surface area contributed by atoms with Gasteiger partial charge in [-0.2, -0.15) is 5.26 Å². The molecule has 0 aliphatic heterocycles. The number of furan rings is 1. The van der Waals surface area contributed by atoms with Crippen LogP contribution in [0, 0.1) is 25.2 Å². The van der Waals surface area contributed by atoms with Gasteiger partial charge in [-0.15, -0.1) is 0 Å². The lowest BCUT2D eigenvalue weighted by molar-refractivity contribution is -0.120. The maximum atomic E-state index is 12.2. The van der Waals surface area contributed by atoms with Gasteiger partial charge in [0.2, 0.25) is 5.91 Å². The van der Waals surface area contributed by atoms with Gasteiger partial charge in [-0.05, 0) is 37.1 Å². The fourth-order valence-corrected chi connectivity index (χ4v) is 2.78. The van der Waals surface area contributed by atoms with Crippen LogP contribution in [-0.2, 0) is 11.2 Å². The Hall–Kier alpha value is -3.33. The highest BCUT2D eigenvalue weighted by atomic mass is 16.3. The van der Waals surface area contributed by atoms with Gasteiger partial charge in [0, 0.05) is 30.2 Å². The zero-order valence-electron chi connectivity index (χ0n) is 14.8. The summed E-state index contributed by atoms with van der Waals surface area (Å²) in [4.78, 5) is 16.3. The number of rotatable bonds is 6. The predicted octanol–water partition coefficient (Wildman–Crippen LogP) is 3.09. The molecule has 2 heterocycles. The molecule has 0 bridgehead atoms. The lowest BCUT2D eigenvalue weighted by Crippen LogP contribution is -2.30. The Morgan fingerprint density at radius 1 is 1.27 bits per heavy atom. The second-order valence-corrected chi connectivity index (χ2v) is 6.11. The molecule has 0 saturated heterocycles. The fourth-order valence-electron chi connectivity index (χ4n) is 2.78. The SMILES string of the molecule is Cc1ccc2c(CC(=O)NCCNc3ncccc3C#N)coc2c1C. The Balaban J connectivity index is 1.54. The van der Waals surface area contributed by atoms with Gasteiger partial charge in [-0.3, -0.25) is 4.79 Å². The summed E-state index contributed by atoms with van der Waals surface area (Å²) in [5.41, 5.74) is 4.47. The van der Waals surface area contributed by atoms with E-state index in [1.54, 1.807) is 24.6 Å². The highest BCUT2D eigenvalue weighted by Gasteiger charge is 2.12. The van der Waals surface area contributed by atoms with Gasteiger partial charge in [0.05, 0.1) is 18.2 Å². The Labute approximate surface area is 151 Å². The molecule has 2 N–H and O–H groups in total. The third kappa shape index (κ3) is 3.67. The van der Waals surface area contributed by atoms with E-state index in [1.807, 2.05) is 26.0 Å². The molecule has 6 heteroatoms. The Morgan fingerprint density at radius 2 is 2.12 bits per heavy atom. The lowest BCUT2D eigenvalue weighted by atomic mass is 10.0. The van der Waals surface area contributed by atoms with E-state index in [1.165, 1.54) is 5.56 Å². The minimum atomic E-state index is -0.0748. The number of pyridine rings is 1. The van der Waals surface area contributed by atoms with Crippen molar-refractivity contribution < 1.29 is 9.21 Å². The second kappa shape index (κ2) is 7.70. The smallest absolute Gasteiger partial charge is 0.224 e. The summed E-state index contributed by atoms with van der Waals surface area (Å²) in [5, 5.41) is 15.9. The van der Waals surface area contributed by atoms with Gasteiger partial charge in [0.1, 0.15) is 17.5 Å². The molecule has 0 unspecified atom stereocenters. The summed E-state index contributed by atoms with van der Waals surface area (Å²) in [6, 6.07) is 9.52. The highest BCUT2D eigenvalue weighted by molar-refractivity contribution is 5.89. The van der Waals surface area contributed by atoms with Crippen molar-refractivity contribution >= 4 is 22.7 Å². The third-order valence-corrected chi connectivity index (χ3v) is 4.36. The number of carbonyl (C=O) groups excluding carboxylic acids is 1. The summed E-state index contributed by atoms with van der Waals surface area (Å²) in [5.74, 6) is 0.449. The molecule has 0 aliphatic rings. The number of aromatic nitrogens is 1. The fraction of sp³-hybridized carbons (Fsp3) is 0.250. The van der Waals surface area contributed by atoms with E-state index < -0.39 is 0 Å². The number of benzene rings is 1. The first-order valence-corrected chi connectivity index (χ1v) is 8.42. The van der Waals surface area contributed by atoms with E-state index in [9.17, 15) is 4.79 Å². The summed E-state index contributed by atoms with van der Waals surface area (Å²) in [6.45, 7) is 4.98. The molecule has 1 aromatic carbocycles. The van der Waals surface area contributed by atoms with Crippen molar-refractivity contribution in [2.45, 2.75) is 20.3 Å². The molecule has 26 heavy (non-hydrogen) atoms. The van der Waals surface area contributed by atoms with Crippen molar-refractivity contribution in [1.29, 1.82) is 5.26 Å². The number of amides is 1. The molecule has 0 fully saturated rings. The van der Waals surface area contributed by atoms with E-state index in [0.29, 0.717) is 24.5 Å². The Morgan fingerprint density at radius 3 is 2.92 bits per heavy atom. The van der Waals surface area contributed by atoms with Gasteiger partial charge in [-0.1, -0.05) is 12.1 Å². The van der Waals surface area contributed by atoms with Crippen molar-refractivity contribution in [2.75, 3.05) is 18.4 Å². The van der Waals surface area contributed by atoms with Crippen LogP contribution in [0.15, 0.2) is 41.1 Å². The molecule has 6 nitrogen and oxygen atoms in total. The van der Waals surface area contributed by atoms with Gasteiger partial charge in [0.15, 0.2) is 0 Å². The molecule has 0 radical (unpaired) electrons. The van der Waals surface area contributed by atoms with Crippen molar-refractivity contribution in [3.05, 3.63) is 59.0 Å². The number of nitriles is 1. The molecule has 132 valence electrons. The number of nitrogens with one attached hydrogen (secondary N) is 2. The minimum absolute atomic E-state index is 0.0748. The number of hydrogen-bond donors (Lipinski definition) is 2. The van der Waals surface area contributed by atoms with Crippen LogP contribution < -0.4 is 10.6 Å².